The molecule has 1 fully saturated rings. The quantitative estimate of drug-likeness (QED) is 0.837. The Kier molecular flexibility index (Phi) is 5.82. The molecular weight excluding hydrogens is 326 g/mol. The standard InChI is InChI=1S/C22H27NO3/c1-23(18-7-3-2-4-8-18)22(26)15-21(16-10-12-19(24)13-11-16)17-6-5-9-20(25)14-17/h5-6,9-14,18,21,24-25H,2-4,7-8,15H2,1H3/t21-/m0/s1. The first-order valence-electron chi connectivity index (χ1n) is 9.38. The highest BCUT2D eigenvalue weighted by atomic mass is 16.3. The van der Waals surface area contributed by atoms with Crippen LogP contribution < -0.4 is 0 Å². The Morgan fingerprint density at radius 1 is 1.00 bits per heavy atom. The van der Waals surface area contributed by atoms with Crippen molar-refractivity contribution in [3.05, 3.63) is 59.7 Å². The molecule has 1 aliphatic carbocycles. The van der Waals surface area contributed by atoms with Crippen molar-refractivity contribution in [2.45, 2.75) is 50.5 Å². The fourth-order valence-corrected chi connectivity index (χ4v) is 3.87. The molecule has 2 aromatic rings. The van der Waals surface area contributed by atoms with E-state index in [1.54, 1.807) is 30.3 Å². The summed E-state index contributed by atoms with van der Waals surface area (Å²) in [5.74, 6) is 0.368. The zero-order valence-corrected chi connectivity index (χ0v) is 15.3. The lowest BCUT2D eigenvalue weighted by Gasteiger charge is -2.32. The predicted molar refractivity (Wildman–Crippen MR) is 102 cm³/mol. The predicted octanol–water partition coefficient (Wildman–Crippen LogP) is 4.41. The van der Waals surface area contributed by atoms with Gasteiger partial charge < -0.3 is 15.1 Å². The molecule has 1 atom stereocenters. The molecule has 0 spiro atoms. The van der Waals surface area contributed by atoms with E-state index < -0.39 is 0 Å². The third-order valence-corrected chi connectivity index (χ3v) is 5.46. The Hall–Kier alpha value is -2.49. The van der Waals surface area contributed by atoms with Crippen LogP contribution in [-0.4, -0.2) is 34.1 Å². The number of phenolic OH excluding ortho intramolecular Hbond substituents is 2. The zero-order valence-electron chi connectivity index (χ0n) is 15.3. The maximum absolute atomic E-state index is 13.0. The fraction of sp³-hybridized carbons (Fsp3) is 0.409. The van der Waals surface area contributed by atoms with Crippen molar-refractivity contribution in [1.29, 1.82) is 0 Å². The number of hydrogen-bond acceptors (Lipinski definition) is 3. The van der Waals surface area contributed by atoms with Crippen molar-refractivity contribution < 1.29 is 15.0 Å². The van der Waals surface area contributed by atoms with Gasteiger partial charge in [-0.2, -0.15) is 0 Å². The van der Waals surface area contributed by atoms with Crippen molar-refractivity contribution in [3.63, 3.8) is 0 Å². The Labute approximate surface area is 155 Å². The summed E-state index contributed by atoms with van der Waals surface area (Å²) in [6, 6.07) is 14.4. The van der Waals surface area contributed by atoms with Crippen LogP contribution in [0.15, 0.2) is 48.5 Å². The van der Waals surface area contributed by atoms with Crippen LogP contribution in [0.4, 0.5) is 0 Å². The molecule has 2 aromatic carbocycles. The minimum absolute atomic E-state index is 0.123. The third-order valence-electron chi connectivity index (χ3n) is 5.46. The van der Waals surface area contributed by atoms with Crippen molar-refractivity contribution in [2.24, 2.45) is 0 Å². The first kappa shape index (κ1) is 18.3. The maximum Gasteiger partial charge on any atom is 0.223 e. The first-order valence-corrected chi connectivity index (χ1v) is 9.38. The number of nitrogens with zero attached hydrogens (tertiary/aromatic N) is 1. The van der Waals surface area contributed by atoms with Crippen molar-refractivity contribution in [3.8, 4) is 11.5 Å². The highest BCUT2D eigenvalue weighted by molar-refractivity contribution is 5.78. The van der Waals surface area contributed by atoms with Crippen LogP contribution in [0.5, 0.6) is 11.5 Å². The van der Waals surface area contributed by atoms with E-state index in [2.05, 4.69) is 0 Å². The minimum atomic E-state index is -0.152. The highest BCUT2D eigenvalue weighted by Crippen LogP contribution is 2.32. The molecule has 0 unspecified atom stereocenters. The van der Waals surface area contributed by atoms with Gasteiger partial charge in [-0.1, -0.05) is 43.5 Å². The first-order chi connectivity index (χ1) is 12.5. The Morgan fingerprint density at radius 2 is 1.69 bits per heavy atom. The summed E-state index contributed by atoms with van der Waals surface area (Å²) >= 11 is 0. The van der Waals surface area contributed by atoms with Crippen LogP contribution in [0.25, 0.3) is 0 Å². The van der Waals surface area contributed by atoms with E-state index in [0.717, 1.165) is 24.0 Å². The molecule has 1 aliphatic rings. The molecule has 0 radical (unpaired) electrons. The Morgan fingerprint density at radius 3 is 2.35 bits per heavy atom. The van der Waals surface area contributed by atoms with Crippen LogP contribution >= 0.6 is 0 Å². The number of carbonyl (C=O) groups excluding carboxylic acids is 1. The van der Waals surface area contributed by atoms with E-state index in [4.69, 9.17) is 0 Å². The molecule has 0 bridgehead atoms. The van der Waals surface area contributed by atoms with Crippen LogP contribution in [0, 0.1) is 0 Å². The van der Waals surface area contributed by atoms with E-state index in [-0.39, 0.29) is 23.3 Å². The average Bonchev–Trinajstić information content (AvgIpc) is 2.67. The van der Waals surface area contributed by atoms with Crippen molar-refractivity contribution in [1.82, 2.24) is 4.90 Å². The summed E-state index contributed by atoms with van der Waals surface area (Å²) in [6.07, 6.45) is 6.15. The minimum Gasteiger partial charge on any atom is -0.508 e. The van der Waals surface area contributed by atoms with Gasteiger partial charge in [0.15, 0.2) is 0 Å². The van der Waals surface area contributed by atoms with Crippen LogP contribution in [-0.2, 0) is 4.79 Å². The number of benzene rings is 2. The molecule has 1 amide bonds. The summed E-state index contributed by atoms with van der Waals surface area (Å²) in [5, 5.41) is 19.4. The van der Waals surface area contributed by atoms with E-state index >= 15 is 0 Å². The molecule has 2 N–H and O–H groups in total. The van der Waals surface area contributed by atoms with E-state index in [1.807, 2.05) is 30.1 Å². The van der Waals surface area contributed by atoms with Crippen LogP contribution in [0.2, 0.25) is 0 Å². The van der Waals surface area contributed by atoms with Gasteiger partial charge in [-0.25, -0.2) is 0 Å². The van der Waals surface area contributed by atoms with Gasteiger partial charge in [0.25, 0.3) is 0 Å². The highest BCUT2D eigenvalue weighted by Gasteiger charge is 2.26. The Balaban J connectivity index is 1.83. The van der Waals surface area contributed by atoms with Gasteiger partial charge in [-0.15, -0.1) is 0 Å². The monoisotopic (exact) mass is 353 g/mol. The van der Waals surface area contributed by atoms with Gasteiger partial charge in [0, 0.05) is 25.4 Å². The molecule has 138 valence electrons. The molecule has 3 rings (SSSR count). The van der Waals surface area contributed by atoms with Gasteiger partial charge in [0.1, 0.15) is 11.5 Å². The second-order valence-electron chi connectivity index (χ2n) is 7.24. The summed E-state index contributed by atoms with van der Waals surface area (Å²) < 4.78 is 0. The zero-order chi connectivity index (χ0) is 18.5. The second kappa shape index (κ2) is 8.26. The smallest absolute Gasteiger partial charge is 0.223 e. The second-order valence-corrected chi connectivity index (χ2v) is 7.24. The van der Waals surface area contributed by atoms with Gasteiger partial charge >= 0.3 is 0 Å². The lowest BCUT2D eigenvalue weighted by atomic mass is 9.87. The fourth-order valence-electron chi connectivity index (χ4n) is 3.87. The molecule has 4 heteroatoms. The molecular formula is C22H27NO3. The number of rotatable bonds is 5. The van der Waals surface area contributed by atoms with E-state index in [1.165, 1.54) is 19.3 Å². The number of phenols is 2. The van der Waals surface area contributed by atoms with Crippen LogP contribution in [0.3, 0.4) is 0 Å². The largest absolute Gasteiger partial charge is 0.508 e. The summed E-state index contributed by atoms with van der Waals surface area (Å²) in [4.78, 5) is 14.9. The summed E-state index contributed by atoms with van der Waals surface area (Å²) in [5.41, 5.74) is 1.86. The lowest BCUT2D eigenvalue weighted by Crippen LogP contribution is -2.38. The van der Waals surface area contributed by atoms with Crippen molar-refractivity contribution >= 4 is 5.91 Å². The maximum atomic E-state index is 13.0. The van der Waals surface area contributed by atoms with E-state index in [9.17, 15) is 15.0 Å². The normalized spacial score (nSPS) is 16.2. The summed E-state index contributed by atoms with van der Waals surface area (Å²) in [6.45, 7) is 0. The number of carbonyl (C=O) groups is 1. The molecule has 4 nitrogen and oxygen atoms in total. The molecule has 1 saturated carbocycles. The number of hydrogen-bond donors (Lipinski definition) is 2. The van der Waals surface area contributed by atoms with Crippen LogP contribution in [0.1, 0.15) is 55.6 Å². The lowest BCUT2D eigenvalue weighted by molar-refractivity contribution is -0.132. The number of amides is 1. The topological polar surface area (TPSA) is 60.8 Å². The van der Waals surface area contributed by atoms with Gasteiger partial charge in [-0.05, 0) is 48.2 Å². The molecule has 0 aliphatic heterocycles. The summed E-state index contributed by atoms with van der Waals surface area (Å²) in [7, 11) is 1.91. The Bertz CT molecular complexity index is 735. The molecule has 0 aromatic heterocycles. The molecule has 0 heterocycles. The van der Waals surface area contributed by atoms with Gasteiger partial charge in [0.05, 0.1) is 0 Å². The third kappa shape index (κ3) is 4.37. The number of aromatic hydroxyl groups is 2. The van der Waals surface area contributed by atoms with E-state index in [0.29, 0.717) is 12.5 Å². The van der Waals surface area contributed by atoms with Gasteiger partial charge in [0.2, 0.25) is 5.91 Å². The van der Waals surface area contributed by atoms with Gasteiger partial charge in [-0.3, -0.25) is 4.79 Å². The average molecular weight is 353 g/mol. The van der Waals surface area contributed by atoms with Crippen molar-refractivity contribution in [2.75, 3.05) is 7.05 Å². The SMILES string of the molecule is CN(C(=O)C[C@@H](c1ccc(O)cc1)c1cccc(O)c1)C1CCCCC1. The molecule has 26 heavy (non-hydrogen) atoms. The molecule has 0 saturated heterocycles.